The number of aromatic nitrogens is 3. The highest BCUT2D eigenvalue weighted by molar-refractivity contribution is 5.77. The summed E-state index contributed by atoms with van der Waals surface area (Å²) in [6, 6.07) is 11.5. The molecule has 1 aromatic carbocycles. The molecule has 0 aliphatic carbocycles. The van der Waals surface area contributed by atoms with E-state index in [0.717, 1.165) is 36.3 Å². The maximum absolute atomic E-state index is 12.8. The normalized spacial score (nSPS) is 16.3. The molecule has 0 bridgehead atoms. The van der Waals surface area contributed by atoms with Crippen LogP contribution in [0.4, 0.5) is 0 Å². The molecule has 1 fully saturated rings. The van der Waals surface area contributed by atoms with Gasteiger partial charge in [0.15, 0.2) is 0 Å². The number of ether oxygens (including phenoxy) is 1. The van der Waals surface area contributed by atoms with Gasteiger partial charge < -0.3 is 14.2 Å². The van der Waals surface area contributed by atoms with Crippen molar-refractivity contribution in [2.24, 2.45) is 0 Å². The molecule has 2 aromatic heterocycles. The van der Waals surface area contributed by atoms with Crippen LogP contribution in [-0.4, -0.2) is 39.6 Å². The molecule has 1 atom stereocenters. The first-order valence-corrected chi connectivity index (χ1v) is 9.41. The van der Waals surface area contributed by atoms with Crippen LogP contribution in [0.1, 0.15) is 36.8 Å². The number of benzene rings is 1. The molecule has 0 spiro atoms. The minimum atomic E-state index is 0.114. The van der Waals surface area contributed by atoms with Gasteiger partial charge in [0.1, 0.15) is 5.75 Å². The zero-order valence-electron chi connectivity index (χ0n) is 15.7. The minimum absolute atomic E-state index is 0.114. The molecule has 1 amide bonds. The largest absolute Gasteiger partial charge is 0.497 e. The van der Waals surface area contributed by atoms with Crippen LogP contribution >= 0.6 is 0 Å². The number of rotatable bonds is 6. The number of carbonyl (C=O) groups excluding carboxylic acids is 1. The Morgan fingerprint density at radius 1 is 1.21 bits per heavy atom. The van der Waals surface area contributed by atoms with E-state index in [-0.39, 0.29) is 11.9 Å². The molecule has 3 aromatic rings. The summed E-state index contributed by atoms with van der Waals surface area (Å²) in [5.41, 5.74) is 1.99. The average molecular weight is 378 g/mol. The number of methoxy groups -OCH3 is 1. The molecule has 7 nitrogen and oxygen atoms in total. The molecule has 1 aliphatic rings. The number of likely N-dealkylation sites (tertiary alicyclic amines) is 1. The van der Waals surface area contributed by atoms with Gasteiger partial charge in [-0.15, -0.1) is 0 Å². The van der Waals surface area contributed by atoms with Gasteiger partial charge in [0, 0.05) is 37.3 Å². The zero-order chi connectivity index (χ0) is 19.3. The predicted molar refractivity (Wildman–Crippen MR) is 103 cm³/mol. The molecular formula is C21H22N4O3. The molecule has 0 unspecified atom stereocenters. The Morgan fingerprint density at radius 2 is 2.00 bits per heavy atom. The number of hydrogen-bond donors (Lipinski definition) is 0. The highest BCUT2D eigenvalue weighted by Crippen LogP contribution is 2.32. The van der Waals surface area contributed by atoms with Crippen LogP contribution < -0.4 is 4.74 Å². The Hall–Kier alpha value is -3.22. The van der Waals surface area contributed by atoms with Crippen molar-refractivity contribution >= 4 is 5.91 Å². The number of nitrogens with zero attached hydrogens (tertiary/aromatic N) is 4. The van der Waals surface area contributed by atoms with Gasteiger partial charge in [-0.1, -0.05) is 5.16 Å². The number of carbonyl (C=O) groups is 1. The molecule has 1 aliphatic heterocycles. The summed E-state index contributed by atoms with van der Waals surface area (Å²) in [7, 11) is 1.62. The third kappa shape index (κ3) is 3.88. The van der Waals surface area contributed by atoms with Crippen LogP contribution in [0.5, 0.6) is 5.75 Å². The third-order valence-corrected chi connectivity index (χ3v) is 5.03. The second-order valence-electron chi connectivity index (χ2n) is 6.77. The van der Waals surface area contributed by atoms with Crippen molar-refractivity contribution < 1.29 is 14.1 Å². The SMILES string of the molecule is COc1ccc(-c2noc(CCC(=O)N3CCC[C@@H]3c3ccncc3)n2)cc1. The predicted octanol–water partition coefficient (Wildman–Crippen LogP) is 3.44. The van der Waals surface area contributed by atoms with Crippen molar-refractivity contribution in [3.63, 3.8) is 0 Å². The molecule has 0 N–H and O–H groups in total. The van der Waals surface area contributed by atoms with Gasteiger partial charge in [-0.2, -0.15) is 4.98 Å². The standard InChI is InChI=1S/C21H22N4O3/c1-27-17-6-4-16(5-7-17)21-23-19(28-24-21)8-9-20(26)25-14-2-3-18(25)15-10-12-22-13-11-15/h4-7,10-13,18H,2-3,8-9,14H2,1H3/t18-/m1/s1. The van der Waals surface area contributed by atoms with Gasteiger partial charge in [-0.3, -0.25) is 9.78 Å². The fourth-order valence-electron chi connectivity index (χ4n) is 3.57. The third-order valence-electron chi connectivity index (χ3n) is 5.03. The Kier molecular flexibility index (Phi) is 5.32. The Bertz CT molecular complexity index is 924. The number of aryl methyl sites for hydroxylation is 1. The van der Waals surface area contributed by atoms with Gasteiger partial charge in [0.25, 0.3) is 0 Å². The smallest absolute Gasteiger partial charge is 0.227 e. The van der Waals surface area contributed by atoms with Crippen molar-refractivity contribution in [1.82, 2.24) is 20.0 Å². The number of amides is 1. The second-order valence-corrected chi connectivity index (χ2v) is 6.77. The van der Waals surface area contributed by atoms with E-state index in [1.165, 1.54) is 0 Å². The topological polar surface area (TPSA) is 81.4 Å². The van der Waals surface area contributed by atoms with Crippen LogP contribution in [0.3, 0.4) is 0 Å². The summed E-state index contributed by atoms with van der Waals surface area (Å²) < 4.78 is 10.5. The molecule has 0 saturated carbocycles. The van der Waals surface area contributed by atoms with Crippen molar-refractivity contribution in [2.45, 2.75) is 31.7 Å². The van der Waals surface area contributed by atoms with Crippen molar-refractivity contribution in [3.05, 3.63) is 60.2 Å². The highest BCUT2D eigenvalue weighted by atomic mass is 16.5. The van der Waals surface area contributed by atoms with Crippen LogP contribution in [-0.2, 0) is 11.2 Å². The van der Waals surface area contributed by atoms with Gasteiger partial charge in [-0.05, 0) is 54.8 Å². The van der Waals surface area contributed by atoms with E-state index in [9.17, 15) is 4.79 Å². The van der Waals surface area contributed by atoms with Gasteiger partial charge in [0.2, 0.25) is 17.6 Å². The lowest BCUT2D eigenvalue weighted by atomic mass is 10.1. The van der Waals surface area contributed by atoms with Gasteiger partial charge in [0.05, 0.1) is 13.2 Å². The highest BCUT2D eigenvalue weighted by Gasteiger charge is 2.29. The van der Waals surface area contributed by atoms with Crippen molar-refractivity contribution in [1.29, 1.82) is 0 Å². The molecular weight excluding hydrogens is 356 g/mol. The Labute approximate surface area is 163 Å². The van der Waals surface area contributed by atoms with Gasteiger partial charge >= 0.3 is 0 Å². The molecule has 7 heteroatoms. The zero-order valence-corrected chi connectivity index (χ0v) is 15.7. The van der Waals surface area contributed by atoms with E-state index in [1.54, 1.807) is 19.5 Å². The molecule has 4 rings (SSSR count). The molecule has 1 saturated heterocycles. The van der Waals surface area contributed by atoms with E-state index < -0.39 is 0 Å². The van der Waals surface area contributed by atoms with Crippen LogP contribution in [0, 0.1) is 0 Å². The van der Waals surface area contributed by atoms with E-state index in [2.05, 4.69) is 15.1 Å². The minimum Gasteiger partial charge on any atom is -0.497 e. The lowest BCUT2D eigenvalue weighted by molar-refractivity contribution is -0.132. The van der Waals surface area contributed by atoms with Crippen molar-refractivity contribution in [2.75, 3.05) is 13.7 Å². The first kappa shape index (κ1) is 18.2. The van der Waals surface area contributed by atoms with E-state index in [0.29, 0.717) is 24.6 Å². The second kappa shape index (κ2) is 8.21. The first-order chi connectivity index (χ1) is 13.7. The van der Waals surface area contributed by atoms with Crippen LogP contribution in [0.15, 0.2) is 53.3 Å². The molecule has 144 valence electrons. The average Bonchev–Trinajstić information content (AvgIpc) is 3.43. The van der Waals surface area contributed by atoms with Crippen LogP contribution in [0.25, 0.3) is 11.4 Å². The summed E-state index contributed by atoms with van der Waals surface area (Å²) in [5.74, 6) is 1.87. The maximum Gasteiger partial charge on any atom is 0.227 e. The lowest BCUT2D eigenvalue weighted by Gasteiger charge is -2.24. The van der Waals surface area contributed by atoms with Gasteiger partial charge in [-0.25, -0.2) is 0 Å². The monoisotopic (exact) mass is 378 g/mol. The molecule has 28 heavy (non-hydrogen) atoms. The van der Waals surface area contributed by atoms with E-state index in [4.69, 9.17) is 9.26 Å². The summed E-state index contributed by atoms with van der Waals surface area (Å²) in [6.45, 7) is 0.784. The molecule has 0 radical (unpaired) electrons. The molecule has 3 heterocycles. The first-order valence-electron chi connectivity index (χ1n) is 9.41. The van der Waals surface area contributed by atoms with Crippen molar-refractivity contribution in [3.8, 4) is 17.1 Å². The van der Waals surface area contributed by atoms with Crippen LogP contribution in [0.2, 0.25) is 0 Å². The summed E-state index contributed by atoms with van der Waals surface area (Å²) >= 11 is 0. The number of hydrogen-bond acceptors (Lipinski definition) is 6. The summed E-state index contributed by atoms with van der Waals surface area (Å²) in [6.07, 6.45) is 6.33. The quantitative estimate of drug-likeness (QED) is 0.654. The maximum atomic E-state index is 12.8. The van der Waals surface area contributed by atoms with E-state index in [1.807, 2.05) is 41.3 Å². The Morgan fingerprint density at radius 3 is 2.75 bits per heavy atom. The summed E-state index contributed by atoms with van der Waals surface area (Å²) in [4.78, 5) is 23.2. The Balaban J connectivity index is 1.38. The lowest BCUT2D eigenvalue weighted by Crippen LogP contribution is -2.30. The summed E-state index contributed by atoms with van der Waals surface area (Å²) in [5, 5.41) is 4.02. The fraction of sp³-hybridized carbons (Fsp3) is 0.333. The number of pyridine rings is 1. The van der Waals surface area contributed by atoms with E-state index >= 15 is 0 Å². The fourth-order valence-corrected chi connectivity index (χ4v) is 3.57.